The van der Waals surface area contributed by atoms with Gasteiger partial charge in [0.05, 0.1) is 22.2 Å². The largest absolute Gasteiger partial charge is 0.488 e. The van der Waals surface area contributed by atoms with Gasteiger partial charge in [-0.1, -0.05) is 23.7 Å². The average Bonchev–Trinajstić information content (AvgIpc) is 2.60. The number of rotatable bonds is 5. The topological polar surface area (TPSA) is 62.1 Å². The highest BCUT2D eigenvalue weighted by Crippen LogP contribution is 2.30. The van der Waals surface area contributed by atoms with Gasteiger partial charge >= 0.3 is 6.18 Å². The monoisotopic (exact) mass is 400 g/mol. The summed E-state index contributed by atoms with van der Waals surface area (Å²) in [5, 5.41) is 11.9. The Morgan fingerprint density at radius 2 is 1.93 bits per heavy atom. The fourth-order valence-corrected chi connectivity index (χ4v) is 2.26. The first-order valence-corrected chi connectivity index (χ1v) is 7.91. The molecule has 1 atom stereocenters. The predicted octanol–water partition coefficient (Wildman–Crippen LogP) is 4.59. The highest BCUT2D eigenvalue weighted by molar-refractivity contribution is 6.32. The second kappa shape index (κ2) is 7.84. The number of para-hydroxylation sites is 1. The SMILES string of the molecule is CC(C#N)(COc1ccccc1Cl)NC(=O)c1ccc(C(F)(F)F)cc1F. The molecule has 0 bridgehead atoms. The summed E-state index contributed by atoms with van der Waals surface area (Å²) < 4.78 is 57.1. The van der Waals surface area contributed by atoms with Crippen LogP contribution in [0.5, 0.6) is 5.75 Å². The lowest BCUT2D eigenvalue weighted by atomic mass is 10.0. The van der Waals surface area contributed by atoms with Gasteiger partial charge in [0.15, 0.2) is 5.54 Å². The van der Waals surface area contributed by atoms with Gasteiger partial charge in [-0.25, -0.2) is 4.39 Å². The van der Waals surface area contributed by atoms with E-state index in [0.29, 0.717) is 12.1 Å². The third-order valence-electron chi connectivity index (χ3n) is 3.53. The summed E-state index contributed by atoms with van der Waals surface area (Å²) in [5.41, 5.74) is -3.42. The van der Waals surface area contributed by atoms with Crippen LogP contribution in [0.2, 0.25) is 5.02 Å². The van der Waals surface area contributed by atoms with Gasteiger partial charge < -0.3 is 10.1 Å². The Labute approximate surface area is 157 Å². The number of carbonyl (C=O) groups is 1. The summed E-state index contributed by atoms with van der Waals surface area (Å²) in [6, 6.07) is 9.78. The molecule has 9 heteroatoms. The average molecular weight is 401 g/mol. The Kier molecular flexibility index (Phi) is 5.96. The molecule has 2 rings (SSSR count). The van der Waals surface area contributed by atoms with Crippen LogP contribution in [0.15, 0.2) is 42.5 Å². The third kappa shape index (κ3) is 5.11. The Bertz CT molecular complexity index is 896. The lowest BCUT2D eigenvalue weighted by Crippen LogP contribution is -2.49. The molecule has 0 aliphatic carbocycles. The van der Waals surface area contributed by atoms with Crippen LogP contribution in [0.3, 0.4) is 0 Å². The molecule has 0 radical (unpaired) electrons. The van der Waals surface area contributed by atoms with Crippen LogP contribution in [-0.2, 0) is 6.18 Å². The first-order chi connectivity index (χ1) is 12.6. The molecule has 0 saturated carbocycles. The molecule has 1 unspecified atom stereocenters. The Morgan fingerprint density at radius 1 is 1.26 bits per heavy atom. The van der Waals surface area contributed by atoms with Crippen LogP contribution in [0.1, 0.15) is 22.8 Å². The summed E-state index contributed by atoms with van der Waals surface area (Å²) in [6.45, 7) is 1.00. The van der Waals surface area contributed by atoms with E-state index in [-0.39, 0.29) is 23.4 Å². The smallest absolute Gasteiger partial charge is 0.416 e. The molecule has 0 spiro atoms. The van der Waals surface area contributed by atoms with Gasteiger partial charge in [0.2, 0.25) is 0 Å². The Balaban J connectivity index is 2.14. The molecule has 2 aromatic rings. The molecular weight excluding hydrogens is 388 g/mol. The van der Waals surface area contributed by atoms with E-state index in [1.807, 2.05) is 6.07 Å². The number of benzene rings is 2. The van der Waals surface area contributed by atoms with Gasteiger partial charge in [-0.3, -0.25) is 4.79 Å². The molecule has 4 nitrogen and oxygen atoms in total. The minimum absolute atomic E-state index is 0.221. The minimum Gasteiger partial charge on any atom is -0.488 e. The minimum atomic E-state index is -4.74. The summed E-state index contributed by atoms with van der Waals surface area (Å²) in [5.74, 6) is -2.13. The van der Waals surface area contributed by atoms with Crippen molar-refractivity contribution in [2.24, 2.45) is 0 Å². The summed E-state index contributed by atoms with van der Waals surface area (Å²) in [7, 11) is 0. The van der Waals surface area contributed by atoms with Crippen LogP contribution in [0, 0.1) is 17.1 Å². The Hall–Kier alpha value is -2.79. The van der Waals surface area contributed by atoms with Gasteiger partial charge in [-0.05, 0) is 37.3 Å². The van der Waals surface area contributed by atoms with E-state index >= 15 is 0 Å². The van der Waals surface area contributed by atoms with E-state index < -0.39 is 34.6 Å². The van der Waals surface area contributed by atoms with Crippen LogP contribution in [-0.4, -0.2) is 18.1 Å². The van der Waals surface area contributed by atoms with Crippen molar-refractivity contribution >= 4 is 17.5 Å². The van der Waals surface area contributed by atoms with E-state index in [1.165, 1.54) is 6.92 Å². The van der Waals surface area contributed by atoms with Crippen molar-refractivity contribution in [3.63, 3.8) is 0 Å². The second-order valence-corrected chi connectivity index (χ2v) is 6.22. The molecule has 0 aliphatic rings. The van der Waals surface area contributed by atoms with Crippen molar-refractivity contribution in [1.82, 2.24) is 5.32 Å². The zero-order valence-corrected chi connectivity index (χ0v) is 14.7. The van der Waals surface area contributed by atoms with Crippen LogP contribution in [0.25, 0.3) is 0 Å². The van der Waals surface area contributed by atoms with Gasteiger partial charge in [-0.2, -0.15) is 18.4 Å². The molecule has 1 N–H and O–H groups in total. The zero-order chi connectivity index (χ0) is 20.2. The number of halogens is 5. The number of ether oxygens (including phenoxy) is 1. The highest BCUT2D eigenvalue weighted by atomic mass is 35.5. The van der Waals surface area contributed by atoms with Gasteiger partial charge in [0.25, 0.3) is 5.91 Å². The lowest BCUT2D eigenvalue weighted by Gasteiger charge is -2.24. The molecule has 2 aromatic carbocycles. The first kappa shape index (κ1) is 20.5. The standard InChI is InChI=1S/C18H13ClF4N2O2/c1-17(9-24,10-27-15-5-3-2-4-13(15)19)25-16(26)12-7-6-11(8-14(12)20)18(21,22)23/h2-8H,10H2,1H3,(H,25,26). The van der Waals surface area contributed by atoms with Gasteiger partial charge in [-0.15, -0.1) is 0 Å². The molecule has 0 saturated heterocycles. The number of alkyl halides is 3. The van der Waals surface area contributed by atoms with E-state index in [1.54, 1.807) is 24.3 Å². The molecule has 27 heavy (non-hydrogen) atoms. The van der Waals surface area contributed by atoms with Gasteiger partial charge in [0.1, 0.15) is 18.2 Å². The number of nitrogens with zero attached hydrogens (tertiary/aromatic N) is 1. The molecule has 0 fully saturated rings. The van der Waals surface area contributed by atoms with Crippen molar-refractivity contribution in [2.75, 3.05) is 6.61 Å². The third-order valence-corrected chi connectivity index (χ3v) is 3.84. The molecule has 0 aromatic heterocycles. The molecule has 142 valence electrons. The number of nitriles is 1. The second-order valence-electron chi connectivity index (χ2n) is 5.81. The summed E-state index contributed by atoms with van der Waals surface area (Å²) >= 11 is 5.93. The maximum Gasteiger partial charge on any atom is 0.416 e. The van der Waals surface area contributed by atoms with Crippen molar-refractivity contribution < 1.29 is 27.1 Å². The van der Waals surface area contributed by atoms with E-state index in [4.69, 9.17) is 16.3 Å². The predicted molar refractivity (Wildman–Crippen MR) is 89.8 cm³/mol. The van der Waals surface area contributed by atoms with E-state index in [2.05, 4.69) is 5.32 Å². The summed E-state index contributed by atoms with van der Waals surface area (Å²) in [4.78, 5) is 12.2. The fraction of sp³-hybridized carbons (Fsp3) is 0.222. The lowest BCUT2D eigenvalue weighted by molar-refractivity contribution is -0.137. The number of carbonyl (C=O) groups excluding carboxylic acids is 1. The van der Waals surface area contributed by atoms with Gasteiger partial charge in [0, 0.05) is 0 Å². The summed E-state index contributed by atoms with van der Waals surface area (Å²) in [6.07, 6.45) is -4.74. The molecule has 0 heterocycles. The maximum atomic E-state index is 13.9. The number of hydrogen-bond donors (Lipinski definition) is 1. The Morgan fingerprint density at radius 3 is 2.48 bits per heavy atom. The zero-order valence-electron chi connectivity index (χ0n) is 13.9. The quantitative estimate of drug-likeness (QED) is 0.747. The molecule has 1 amide bonds. The maximum absolute atomic E-state index is 13.9. The first-order valence-electron chi connectivity index (χ1n) is 7.53. The van der Waals surface area contributed by atoms with E-state index in [9.17, 15) is 27.6 Å². The molecular formula is C18H13ClF4N2O2. The van der Waals surface area contributed by atoms with E-state index in [0.717, 1.165) is 0 Å². The van der Waals surface area contributed by atoms with Crippen molar-refractivity contribution in [3.05, 3.63) is 64.4 Å². The normalized spacial score (nSPS) is 13.4. The van der Waals surface area contributed by atoms with Crippen molar-refractivity contribution in [1.29, 1.82) is 5.26 Å². The van der Waals surface area contributed by atoms with Crippen molar-refractivity contribution in [3.8, 4) is 11.8 Å². The van der Waals surface area contributed by atoms with Crippen LogP contribution < -0.4 is 10.1 Å². The van der Waals surface area contributed by atoms with Crippen LogP contribution >= 0.6 is 11.6 Å². The number of hydrogen-bond acceptors (Lipinski definition) is 3. The fourth-order valence-electron chi connectivity index (χ4n) is 2.07. The number of nitrogens with one attached hydrogen (secondary N) is 1. The number of amides is 1. The van der Waals surface area contributed by atoms with Crippen LogP contribution in [0.4, 0.5) is 17.6 Å². The highest BCUT2D eigenvalue weighted by Gasteiger charge is 2.33. The van der Waals surface area contributed by atoms with Crippen molar-refractivity contribution in [2.45, 2.75) is 18.6 Å². The molecule has 0 aliphatic heterocycles.